The molecule has 3 unspecified atom stereocenters. The summed E-state index contributed by atoms with van der Waals surface area (Å²) >= 11 is 0. The Morgan fingerprint density at radius 3 is 2.13 bits per heavy atom. The van der Waals surface area contributed by atoms with Gasteiger partial charge in [0.25, 0.3) is 5.92 Å². The van der Waals surface area contributed by atoms with Gasteiger partial charge in [-0.1, -0.05) is 20.3 Å². The van der Waals surface area contributed by atoms with Crippen molar-refractivity contribution < 1.29 is 37.4 Å². The number of ether oxygens (including phenoxy) is 1. The minimum absolute atomic E-state index is 0.0493. The van der Waals surface area contributed by atoms with E-state index in [-0.39, 0.29) is 12.8 Å². The lowest BCUT2D eigenvalue weighted by atomic mass is 9.69. The standard InChI is InChI=1S/C20H34F3N3O5/c1-6-8-18(21,7-2)9-12(25-16(30)31-17(3,4)5)15(29)26-19(13(27)14(24)28)10-20(22,23)11-19/h12-13,27H,6-11H2,1-5H3,(H2,24,28)(H,25,30)(H,26,29). The van der Waals surface area contributed by atoms with Crippen LogP contribution >= 0.6 is 0 Å². The van der Waals surface area contributed by atoms with Crippen LogP contribution < -0.4 is 16.4 Å². The van der Waals surface area contributed by atoms with E-state index >= 15 is 4.39 Å². The van der Waals surface area contributed by atoms with Crippen molar-refractivity contribution in [3.8, 4) is 0 Å². The van der Waals surface area contributed by atoms with Crippen LogP contribution in [0.25, 0.3) is 0 Å². The van der Waals surface area contributed by atoms with Crippen molar-refractivity contribution in [1.82, 2.24) is 10.6 Å². The first kappa shape index (κ1) is 27.0. The summed E-state index contributed by atoms with van der Waals surface area (Å²) in [6, 6.07) is -1.49. The Balaban J connectivity index is 3.13. The van der Waals surface area contributed by atoms with Gasteiger partial charge in [0, 0.05) is 19.3 Å². The maximum Gasteiger partial charge on any atom is 0.408 e. The van der Waals surface area contributed by atoms with E-state index in [0.717, 1.165) is 0 Å². The molecule has 0 heterocycles. The Hall–Kier alpha value is -2.04. The van der Waals surface area contributed by atoms with Gasteiger partial charge in [-0.3, -0.25) is 9.59 Å². The lowest BCUT2D eigenvalue weighted by Crippen LogP contribution is -2.72. The molecule has 31 heavy (non-hydrogen) atoms. The van der Waals surface area contributed by atoms with Crippen molar-refractivity contribution in [2.45, 2.75) is 108 Å². The monoisotopic (exact) mass is 453 g/mol. The number of hydrogen-bond donors (Lipinski definition) is 4. The third kappa shape index (κ3) is 7.55. The predicted molar refractivity (Wildman–Crippen MR) is 107 cm³/mol. The van der Waals surface area contributed by atoms with Crippen molar-refractivity contribution in [2.24, 2.45) is 5.73 Å². The van der Waals surface area contributed by atoms with Gasteiger partial charge in [-0.25, -0.2) is 18.0 Å². The average molecular weight is 454 g/mol. The molecule has 1 aliphatic carbocycles. The summed E-state index contributed by atoms with van der Waals surface area (Å²) in [6.45, 7) is 8.13. The van der Waals surface area contributed by atoms with Crippen LogP contribution in [0.4, 0.5) is 18.0 Å². The molecule has 0 aromatic rings. The molecular weight excluding hydrogens is 419 g/mol. The van der Waals surface area contributed by atoms with Crippen molar-refractivity contribution >= 4 is 17.9 Å². The first-order valence-corrected chi connectivity index (χ1v) is 10.3. The number of primary amides is 1. The van der Waals surface area contributed by atoms with E-state index in [1.807, 2.05) is 0 Å². The van der Waals surface area contributed by atoms with Gasteiger partial charge in [0.05, 0.1) is 5.54 Å². The summed E-state index contributed by atoms with van der Waals surface area (Å²) in [5, 5.41) is 14.5. The first-order valence-electron chi connectivity index (χ1n) is 10.3. The van der Waals surface area contributed by atoms with Crippen molar-refractivity contribution in [3.63, 3.8) is 0 Å². The molecule has 1 rings (SSSR count). The molecule has 11 heteroatoms. The zero-order valence-corrected chi connectivity index (χ0v) is 18.7. The Morgan fingerprint density at radius 1 is 1.19 bits per heavy atom. The van der Waals surface area contributed by atoms with Crippen LogP contribution in [0, 0.1) is 0 Å². The second-order valence-corrected chi connectivity index (χ2v) is 9.32. The van der Waals surface area contributed by atoms with Gasteiger partial charge >= 0.3 is 6.09 Å². The molecule has 0 aliphatic heterocycles. The normalized spacial score (nSPS) is 21.1. The third-order valence-electron chi connectivity index (χ3n) is 5.22. The Bertz CT molecular complexity index is 675. The highest BCUT2D eigenvalue weighted by molar-refractivity contribution is 5.88. The van der Waals surface area contributed by atoms with Gasteiger partial charge in [0.2, 0.25) is 11.8 Å². The van der Waals surface area contributed by atoms with Crippen LogP contribution in [0.15, 0.2) is 0 Å². The number of carbonyl (C=O) groups is 3. The number of aliphatic hydroxyl groups excluding tert-OH is 1. The number of alkyl halides is 3. The lowest BCUT2D eigenvalue weighted by Gasteiger charge is -2.49. The van der Waals surface area contributed by atoms with Crippen molar-refractivity contribution in [2.75, 3.05) is 0 Å². The summed E-state index contributed by atoms with van der Waals surface area (Å²) in [7, 11) is 0. The number of halogens is 3. The molecule has 0 aromatic heterocycles. The summed E-state index contributed by atoms with van der Waals surface area (Å²) in [4.78, 5) is 36.6. The van der Waals surface area contributed by atoms with E-state index in [4.69, 9.17) is 10.5 Å². The number of amides is 3. The fourth-order valence-corrected chi connectivity index (χ4v) is 3.72. The molecule has 3 atom stereocenters. The Kier molecular flexibility index (Phi) is 8.38. The third-order valence-corrected chi connectivity index (χ3v) is 5.22. The minimum Gasteiger partial charge on any atom is -0.444 e. The van der Waals surface area contributed by atoms with E-state index in [1.165, 1.54) is 0 Å². The number of nitrogens with one attached hydrogen (secondary N) is 2. The van der Waals surface area contributed by atoms with Crippen LogP contribution in [0.1, 0.15) is 73.1 Å². The SMILES string of the molecule is CCCC(F)(CC)CC(NC(=O)OC(C)(C)C)C(=O)NC1(C(O)C(N)=O)CC(F)(F)C1. The molecule has 1 fully saturated rings. The number of aliphatic hydroxyl groups is 1. The van der Waals surface area contributed by atoms with E-state index in [1.54, 1.807) is 34.6 Å². The predicted octanol–water partition coefficient (Wildman–Crippen LogP) is 2.32. The highest BCUT2D eigenvalue weighted by atomic mass is 19.3. The Labute approximate surface area is 180 Å². The zero-order valence-electron chi connectivity index (χ0n) is 18.7. The molecule has 1 saturated carbocycles. The maximum atomic E-state index is 15.2. The molecule has 0 aromatic carbocycles. The largest absolute Gasteiger partial charge is 0.444 e. The van der Waals surface area contributed by atoms with Gasteiger partial charge in [0.15, 0.2) is 6.10 Å². The fraction of sp³-hybridized carbons (Fsp3) is 0.850. The summed E-state index contributed by atoms with van der Waals surface area (Å²) < 4.78 is 47.5. The van der Waals surface area contributed by atoms with Crippen LogP contribution in [0.2, 0.25) is 0 Å². The van der Waals surface area contributed by atoms with Crippen LogP contribution in [0.3, 0.4) is 0 Å². The zero-order chi connectivity index (χ0) is 24.3. The number of rotatable bonds is 10. The molecule has 3 amide bonds. The number of hydrogen-bond acceptors (Lipinski definition) is 5. The molecular formula is C20H34F3N3O5. The highest BCUT2D eigenvalue weighted by Gasteiger charge is 2.62. The van der Waals surface area contributed by atoms with Crippen LogP contribution in [-0.4, -0.2) is 57.9 Å². The topological polar surface area (TPSA) is 131 Å². The molecule has 0 bridgehead atoms. The van der Waals surface area contributed by atoms with Crippen molar-refractivity contribution in [3.05, 3.63) is 0 Å². The fourth-order valence-electron chi connectivity index (χ4n) is 3.72. The lowest BCUT2D eigenvalue weighted by molar-refractivity contribution is -0.178. The van der Waals surface area contributed by atoms with Gasteiger partial charge in [-0.05, 0) is 33.6 Å². The van der Waals surface area contributed by atoms with Gasteiger partial charge in [-0.2, -0.15) is 0 Å². The minimum atomic E-state index is -3.22. The molecule has 0 saturated heterocycles. The highest BCUT2D eigenvalue weighted by Crippen LogP contribution is 2.47. The van der Waals surface area contributed by atoms with E-state index in [0.29, 0.717) is 6.42 Å². The van der Waals surface area contributed by atoms with E-state index < -0.39 is 72.0 Å². The summed E-state index contributed by atoms with van der Waals surface area (Å²) in [5.74, 6) is -5.52. The second-order valence-electron chi connectivity index (χ2n) is 9.32. The first-order chi connectivity index (χ1) is 14.0. The smallest absolute Gasteiger partial charge is 0.408 e. The summed E-state index contributed by atoms with van der Waals surface area (Å²) in [6.07, 6.45) is -4.91. The average Bonchev–Trinajstić information content (AvgIpc) is 2.57. The molecule has 0 radical (unpaired) electrons. The molecule has 0 spiro atoms. The Morgan fingerprint density at radius 2 is 1.74 bits per heavy atom. The van der Waals surface area contributed by atoms with Gasteiger partial charge in [0.1, 0.15) is 17.3 Å². The van der Waals surface area contributed by atoms with Gasteiger partial charge in [-0.15, -0.1) is 0 Å². The number of alkyl carbamates (subject to hydrolysis) is 1. The summed E-state index contributed by atoms with van der Waals surface area (Å²) in [5.41, 5.74) is 0.334. The molecule has 5 N–H and O–H groups in total. The molecule has 180 valence electrons. The number of nitrogens with two attached hydrogens (primary N) is 1. The van der Waals surface area contributed by atoms with Crippen LogP contribution in [0.5, 0.6) is 0 Å². The second kappa shape index (κ2) is 9.62. The van der Waals surface area contributed by atoms with E-state index in [2.05, 4.69) is 10.6 Å². The van der Waals surface area contributed by atoms with Crippen molar-refractivity contribution in [1.29, 1.82) is 0 Å². The molecule has 1 aliphatic rings. The maximum absolute atomic E-state index is 15.2. The number of carbonyl (C=O) groups excluding carboxylic acids is 3. The van der Waals surface area contributed by atoms with Gasteiger partial charge < -0.3 is 26.2 Å². The quantitative estimate of drug-likeness (QED) is 0.403. The van der Waals surface area contributed by atoms with E-state index in [9.17, 15) is 28.3 Å². The van der Waals surface area contributed by atoms with Crippen LogP contribution in [-0.2, 0) is 14.3 Å². The molecule has 8 nitrogen and oxygen atoms in total.